The molecule has 1 unspecified atom stereocenters. The van der Waals surface area contributed by atoms with E-state index in [-0.39, 0.29) is 0 Å². The summed E-state index contributed by atoms with van der Waals surface area (Å²) in [5.74, 6) is 1.28. The van der Waals surface area contributed by atoms with E-state index in [2.05, 4.69) is 4.90 Å². The van der Waals surface area contributed by atoms with Gasteiger partial charge in [0.15, 0.2) is 0 Å². The fourth-order valence-electron chi connectivity index (χ4n) is 3.18. The van der Waals surface area contributed by atoms with Gasteiger partial charge in [0.1, 0.15) is 11.4 Å². The number of β-amino-alcohol motifs (C(OH)–C–C–N with tert-alkyl or cyclic N) is 1. The minimum Gasteiger partial charge on any atom is -0.497 e. The van der Waals surface area contributed by atoms with Gasteiger partial charge in [0.25, 0.3) is 0 Å². The summed E-state index contributed by atoms with van der Waals surface area (Å²) in [6.07, 6.45) is 4.83. The molecule has 1 N–H and O–H groups in total. The Morgan fingerprint density at radius 2 is 1.84 bits per heavy atom. The van der Waals surface area contributed by atoms with Gasteiger partial charge in [-0.2, -0.15) is 0 Å². The Balaban J connectivity index is 1.81. The van der Waals surface area contributed by atoms with Gasteiger partial charge in [-0.15, -0.1) is 0 Å². The van der Waals surface area contributed by atoms with Crippen LogP contribution in [0.2, 0.25) is 0 Å². The van der Waals surface area contributed by atoms with Crippen LogP contribution >= 0.6 is 0 Å². The van der Waals surface area contributed by atoms with Crippen molar-refractivity contribution in [2.24, 2.45) is 5.92 Å². The maximum Gasteiger partial charge on any atom is 0.118 e. The van der Waals surface area contributed by atoms with Crippen molar-refractivity contribution in [3.63, 3.8) is 0 Å². The second kappa shape index (κ2) is 5.14. The van der Waals surface area contributed by atoms with Crippen LogP contribution in [0.1, 0.15) is 31.2 Å². The van der Waals surface area contributed by atoms with Gasteiger partial charge in [0, 0.05) is 6.54 Å². The summed E-state index contributed by atoms with van der Waals surface area (Å²) in [5, 5.41) is 11.2. The van der Waals surface area contributed by atoms with E-state index >= 15 is 0 Å². The van der Waals surface area contributed by atoms with E-state index in [0.717, 1.165) is 43.8 Å². The van der Waals surface area contributed by atoms with Crippen molar-refractivity contribution in [1.29, 1.82) is 0 Å². The van der Waals surface area contributed by atoms with Gasteiger partial charge in [-0.1, -0.05) is 12.1 Å². The van der Waals surface area contributed by atoms with Crippen LogP contribution in [0.4, 0.5) is 0 Å². The van der Waals surface area contributed by atoms with Crippen LogP contribution in [-0.4, -0.2) is 36.8 Å². The molecule has 3 nitrogen and oxygen atoms in total. The van der Waals surface area contributed by atoms with Crippen LogP contribution in [0.3, 0.4) is 0 Å². The normalized spacial score (nSPS) is 23.3. The highest BCUT2D eigenvalue weighted by molar-refractivity contribution is 5.32. The lowest BCUT2D eigenvalue weighted by Gasteiger charge is -2.33. The summed E-state index contributed by atoms with van der Waals surface area (Å²) in [6, 6.07) is 7.94. The Bertz CT molecular complexity index is 421. The van der Waals surface area contributed by atoms with Crippen molar-refractivity contribution in [2.75, 3.05) is 26.7 Å². The highest BCUT2D eigenvalue weighted by Gasteiger charge is 2.46. The zero-order valence-electron chi connectivity index (χ0n) is 11.6. The van der Waals surface area contributed by atoms with E-state index in [4.69, 9.17) is 4.74 Å². The number of methoxy groups -OCH3 is 1. The van der Waals surface area contributed by atoms with Crippen LogP contribution in [0, 0.1) is 5.92 Å². The molecule has 1 aliphatic carbocycles. The summed E-state index contributed by atoms with van der Waals surface area (Å²) >= 11 is 0. The van der Waals surface area contributed by atoms with E-state index in [1.807, 2.05) is 24.3 Å². The van der Waals surface area contributed by atoms with Crippen LogP contribution in [0.25, 0.3) is 0 Å². The molecule has 1 heterocycles. The van der Waals surface area contributed by atoms with Crippen molar-refractivity contribution in [2.45, 2.75) is 31.3 Å². The molecule has 0 spiro atoms. The minimum atomic E-state index is -0.670. The molecule has 1 saturated heterocycles. The summed E-state index contributed by atoms with van der Waals surface area (Å²) in [6.45, 7) is 3.04. The zero-order chi connectivity index (χ0) is 13.3. The number of ether oxygens (including phenoxy) is 1. The first-order valence-corrected chi connectivity index (χ1v) is 7.31. The van der Waals surface area contributed by atoms with Crippen molar-refractivity contribution < 1.29 is 9.84 Å². The minimum absolute atomic E-state index is 0.432. The molecule has 104 valence electrons. The number of rotatable bonds is 5. The molecule has 3 rings (SSSR count). The quantitative estimate of drug-likeness (QED) is 0.883. The molecule has 1 aromatic rings. The fourth-order valence-corrected chi connectivity index (χ4v) is 3.18. The molecule has 1 saturated carbocycles. The maximum absolute atomic E-state index is 11.2. The Morgan fingerprint density at radius 3 is 2.37 bits per heavy atom. The lowest BCUT2D eigenvalue weighted by molar-refractivity contribution is -0.0159. The summed E-state index contributed by atoms with van der Waals surface area (Å²) < 4.78 is 5.20. The molecule has 0 amide bonds. The summed E-state index contributed by atoms with van der Waals surface area (Å²) in [5.41, 5.74) is 0.374. The SMILES string of the molecule is COc1ccc(C(O)(CN2CCCC2)C2CC2)cc1. The number of aliphatic hydroxyl groups is 1. The van der Waals surface area contributed by atoms with Gasteiger partial charge in [-0.25, -0.2) is 0 Å². The number of benzene rings is 1. The highest BCUT2D eigenvalue weighted by Crippen LogP contribution is 2.46. The average molecular weight is 261 g/mol. The highest BCUT2D eigenvalue weighted by atomic mass is 16.5. The monoisotopic (exact) mass is 261 g/mol. The molecule has 2 fully saturated rings. The largest absolute Gasteiger partial charge is 0.497 e. The molecule has 0 aromatic heterocycles. The number of hydrogen-bond acceptors (Lipinski definition) is 3. The van der Waals surface area contributed by atoms with E-state index in [1.54, 1.807) is 7.11 Å². The van der Waals surface area contributed by atoms with Gasteiger partial charge < -0.3 is 14.7 Å². The molecular formula is C16H23NO2. The molecule has 1 aliphatic heterocycles. The molecule has 3 heteroatoms. The number of nitrogens with zero attached hydrogens (tertiary/aromatic N) is 1. The number of hydrogen-bond donors (Lipinski definition) is 1. The topological polar surface area (TPSA) is 32.7 Å². The van der Waals surface area contributed by atoms with Crippen LogP contribution in [0.15, 0.2) is 24.3 Å². The molecule has 1 atom stereocenters. The van der Waals surface area contributed by atoms with Gasteiger partial charge in [-0.3, -0.25) is 0 Å². The average Bonchev–Trinajstić information content (AvgIpc) is 3.19. The van der Waals surface area contributed by atoms with Crippen molar-refractivity contribution >= 4 is 0 Å². The van der Waals surface area contributed by atoms with E-state index in [1.165, 1.54) is 12.8 Å². The Morgan fingerprint density at radius 1 is 1.21 bits per heavy atom. The molecule has 0 bridgehead atoms. The summed E-state index contributed by atoms with van der Waals surface area (Å²) in [4.78, 5) is 2.41. The molecule has 2 aliphatic rings. The van der Waals surface area contributed by atoms with Crippen molar-refractivity contribution in [3.05, 3.63) is 29.8 Å². The molecule has 19 heavy (non-hydrogen) atoms. The first kappa shape index (κ1) is 12.9. The molecule has 1 aromatic carbocycles. The van der Waals surface area contributed by atoms with Gasteiger partial charge in [0.05, 0.1) is 7.11 Å². The lowest BCUT2D eigenvalue weighted by Crippen LogP contribution is -2.41. The van der Waals surface area contributed by atoms with Crippen LogP contribution in [-0.2, 0) is 5.60 Å². The van der Waals surface area contributed by atoms with Crippen LogP contribution in [0.5, 0.6) is 5.75 Å². The van der Waals surface area contributed by atoms with Crippen molar-refractivity contribution in [3.8, 4) is 5.75 Å². The van der Waals surface area contributed by atoms with E-state index in [0.29, 0.717) is 5.92 Å². The maximum atomic E-state index is 11.2. The van der Waals surface area contributed by atoms with Gasteiger partial charge in [0.2, 0.25) is 0 Å². The Kier molecular flexibility index (Phi) is 3.50. The van der Waals surface area contributed by atoms with Gasteiger partial charge >= 0.3 is 0 Å². The van der Waals surface area contributed by atoms with E-state index < -0.39 is 5.60 Å². The van der Waals surface area contributed by atoms with Crippen molar-refractivity contribution in [1.82, 2.24) is 4.90 Å². The predicted octanol–water partition coefficient (Wildman–Crippen LogP) is 2.39. The first-order valence-electron chi connectivity index (χ1n) is 7.31. The molecular weight excluding hydrogens is 238 g/mol. The third-order valence-electron chi connectivity index (χ3n) is 4.51. The second-order valence-corrected chi connectivity index (χ2v) is 5.91. The third kappa shape index (κ3) is 2.63. The fraction of sp³-hybridized carbons (Fsp3) is 0.625. The second-order valence-electron chi connectivity index (χ2n) is 5.91. The lowest BCUT2D eigenvalue weighted by atomic mass is 9.88. The number of likely N-dealkylation sites (tertiary alicyclic amines) is 1. The van der Waals surface area contributed by atoms with E-state index in [9.17, 15) is 5.11 Å². The first-order chi connectivity index (χ1) is 9.22. The standard InChI is InChI=1S/C16H23NO2/c1-19-15-8-6-14(7-9-15)16(18,13-4-5-13)12-17-10-2-3-11-17/h6-9,13,18H,2-5,10-12H2,1H3. The Hall–Kier alpha value is -1.06. The van der Waals surface area contributed by atoms with Gasteiger partial charge in [-0.05, 0) is 62.4 Å². The molecule has 0 radical (unpaired) electrons. The smallest absolute Gasteiger partial charge is 0.118 e. The Labute approximate surface area is 115 Å². The zero-order valence-corrected chi connectivity index (χ0v) is 11.6. The third-order valence-corrected chi connectivity index (χ3v) is 4.51. The van der Waals surface area contributed by atoms with Crippen LogP contribution < -0.4 is 4.74 Å². The predicted molar refractivity (Wildman–Crippen MR) is 75.3 cm³/mol. The summed E-state index contributed by atoms with van der Waals surface area (Å²) in [7, 11) is 1.67.